The molecule has 1 amide bonds. The summed E-state index contributed by atoms with van der Waals surface area (Å²) in [5.41, 5.74) is -0.137. The smallest absolute Gasteiger partial charge is 0.255 e. The fourth-order valence-electron chi connectivity index (χ4n) is 1.23. The van der Waals surface area contributed by atoms with Crippen LogP contribution in [0.4, 0.5) is 5.69 Å². The molecule has 0 heterocycles. The van der Waals surface area contributed by atoms with E-state index in [1.54, 1.807) is 13.0 Å². The van der Waals surface area contributed by atoms with E-state index in [4.69, 9.17) is 16.9 Å². The van der Waals surface area contributed by atoms with Gasteiger partial charge in [-0.1, -0.05) is 11.6 Å². The lowest BCUT2D eigenvalue weighted by molar-refractivity contribution is -0.130. The van der Waals surface area contributed by atoms with Crippen molar-refractivity contribution in [3.8, 4) is 6.07 Å². The van der Waals surface area contributed by atoms with E-state index in [1.807, 2.05) is 6.07 Å². The number of carbonyl (C=O) groups is 1. The summed E-state index contributed by atoms with van der Waals surface area (Å²) in [4.78, 5) is 11.7. The first-order valence-corrected chi connectivity index (χ1v) is 6.28. The summed E-state index contributed by atoms with van der Waals surface area (Å²) in [7, 11) is 0. The summed E-state index contributed by atoms with van der Waals surface area (Å²) in [5.74, 6) is -0.543. The number of carbonyl (C=O) groups excluding carboxylic acids is 1. The maximum absolute atomic E-state index is 11.7. The Morgan fingerprint density at radius 1 is 1.61 bits per heavy atom. The molecular formula is C12H12BrClN2O2. The minimum atomic E-state index is -1.49. The predicted octanol–water partition coefficient (Wildman–Crippen LogP) is 2.99. The average Bonchev–Trinajstić information content (AvgIpc) is 2.24. The quantitative estimate of drug-likeness (QED) is 0.875. The number of hydrogen-bond acceptors (Lipinski definition) is 3. The highest BCUT2D eigenvalue weighted by molar-refractivity contribution is 9.10. The number of nitriles is 1. The molecule has 0 aliphatic rings. The Morgan fingerprint density at radius 3 is 2.61 bits per heavy atom. The molecule has 0 aliphatic heterocycles. The minimum absolute atomic E-state index is 0.276. The van der Waals surface area contributed by atoms with Crippen molar-refractivity contribution >= 4 is 39.1 Å². The highest BCUT2D eigenvalue weighted by Crippen LogP contribution is 2.33. The van der Waals surface area contributed by atoms with Crippen LogP contribution in [0.1, 0.15) is 25.0 Å². The molecule has 0 aromatic heterocycles. The Hall–Kier alpha value is -1.09. The monoisotopic (exact) mass is 330 g/mol. The van der Waals surface area contributed by atoms with Gasteiger partial charge in [0.2, 0.25) is 0 Å². The van der Waals surface area contributed by atoms with Crippen LogP contribution >= 0.6 is 27.5 Å². The summed E-state index contributed by atoms with van der Waals surface area (Å²) >= 11 is 9.25. The van der Waals surface area contributed by atoms with E-state index >= 15 is 0 Å². The van der Waals surface area contributed by atoms with Crippen LogP contribution in [0.5, 0.6) is 0 Å². The van der Waals surface area contributed by atoms with Gasteiger partial charge in [0, 0.05) is 10.2 Å². The number of aliphatic hydroxyl groups is 1. The van der Waals surface area contributed by atoms with Crippen LogP contribution in [0, 0.1) is 18.3 Å². The fourth-order valence-corrected chi connectivity index (χ4v) is 2.10. The van der Waals surface area contributed by atoms with E-state index < -0.39 is 11.5 Å². The van der Waals surface area contributed by atoms with Gasteiger partial charge in [0.1, 0.15) is 11.7 Å². The average molecular weight is 332 g/mol. The number of benzene rings is 1. The molecule has 1 rings (SSSR count). The van der Waals surface area contributed by atoms with Crippen molar-refractivity contribution in [2.75, 3.05) is 5.32 Å². The third-order valence-corrected chi connectivity index (χ3v) is 3.48. The fraction of sp³-hybridized carbons (Fsp3) is 0.333. The largest absolute Gasteiger partial charge is 0.381 e. The molecule has 0 bridgehead atoms. The molecule has 96 valence electrons. The Bertz CT molecular complexity index is 544. The summed E-state index contributed by atoms with van der Waals surface area (Å²) < 4.78 is 0.492. The van der Waals surface area contributed by atoms with E-state index in [1.165, 1.54) is 13.8 Å². The van der Waals surface area contributed by atoms with Crippen molar-refractivity contribution in [2.45, 2.75) is 26.4 Å². The number of rotatable bonds is 2. The summed E-state index contributed by atoms with van der Waals surface area (Å²) in [6.07, 6.45) is 0. The number of anilines is 1. The first-order valence-electron chi connectivity index (χ1n) is 5.11. The van der Waals surface area contributed by atoms with E-state index in [0.29, 0.717) is 21.3 Å². The van der Waals surface area contributed by atoms with Crippen molar-refractivity contribution in [1.82, 2.24) is 0 Å². The molecular weight excluding hydrogens is 320 g/mol. The molecule has 18 heavy (non-hydrogen) atoms. The Balaban J connectivity index is 3.22. The van der Waals surface area contributed by atoms with Gasteiger partial charge in [-0.3, -0.25) is 4.79 Å². The second kappa shape index (κ2) is 5.27. The first kappa shape index (κ1) is 15.0. The van der Waals surface area contributed by atoms with Gasteiger partial charge in [0.25, 0.3) is 5.91 Å². The molecule has 4 nitrogen and oxygen atoms in total. The van der Waals surface area contributed by atoms with Crippen LogP contribution in [0.25, 0.3) is 0 Å². The third kappa shape index (κ3) is 3.02. The number of nitrogens with zero attached hydrogens (tertiary/aromatic N) is 1. The summed E-state index contributed by atoms with van der Waals surface area (Å²) in [6, 6.07) is 3.56. The van der Waals surface area contributed by atoms with Crippen molar-refractivity contribution in [3.63, 3.8) is 0 Å². The van der Waals surface area contributed by atoms with Crippen LogP contribution < -0.4 is 5.32 Å². The Labute approximate surface area is 119 Å². The van der Waals surface area contributed by atoms with Gasteiger partial charge in [0.05, 0.1) is 10.6 Å². The molecule has 0 saturated carbocycles. The molecule has 0 atom stereocenters. The van der Waals surface area contributed by atoms with Crippen molar-refractivity contribution in [1.29, 1.82) is 5.26 Å². The molecule has 0 saturated heterocycles. The van der Waals surface area contributed by atoms with Crippen molar-refractivity contribution in [2.24, 2.45) is 0 Å². The topological polar surface area (TPSA) is 73.1 Å². The molecule has 0 spiro atoms. The molecule has 0 aliphatic carbocycles. The van der Waals surface area contributed by atoms with Gasteiger partial charge >= 0.3 is 0 Å². The van der Waals surface area contributed by atoms with Crippen molar-refractivity contribution < 1.29 is 9.90 Å². The molecule has 1 aromatic rings. The van der Waals surface area contributed by atoms with Gasteiger partial charge in [-0.25, -0.2) is 0 Å². The lowest BCUT2D eigenvalue weighted by Crippen LogP contribution is -2.36. The van der Waals surface area contributed by atoms with E-state index in [2.05, 4.69) is 21.2 Å². The molecule has 0 unspecified atom stereocenters. The molecule has 0 radical (unpaired) electrons. The second-order valence-electron chi connectivity index (χ2n) is 4.34. The van der Waals surface area contributed by atoms with E-state index in [0.717, 1.165) is 0 Å². The number of halogens is 2. The van der Waals surface area contributed by atoms with Crippen molar-refractivity contribution in [3.05, 3.63) is 26.7 Å². The van der Waals surface area contributed by atoms with Gasteiger partial charge in [-0.05, 0) is 48.3 Å². The zero-order valence-electron chi connectivity index (χ0n) is 10.1. The van der Waals surface area contributed by atoms with Crippen LogP contribution in [-0.4, -0.2) is 16.6 Å². The second-order valence-corrected chi connectivity index (χ2v) is 5.58. The predicted molar refractivity (Wildman–Crippen MR) is 73.5 cm³/mol. The van der Waals surface area contributed by atoms with Crippen LogP contribution in [0.3, 0.4) is 0 Å². The molecule has 0 fully saturated rings. The van der Waals surface area contributed by atoms with Crippen LogP contribution in [0.2, 0.25) is 5.02 Å². The first-order chi connectivity index (χ1) is 8.18. The standard InChI is InChI=1S/C12H12BrClN2O2/c1-6-9(16-11(17)12(2,3)18)4-8(13)7(5-15)10(6)14/h4,18H,1-3H3,(H,16,17). The lowest BCUT2D eigenvalue weighted by atomic mass is 10.1. The number of nitrogens with one attached hydrogen (secondary N) is 1. The number of amides is 1. The van der Waals surface area contributed by atoms with Gasteiger partial charge in [-0.15, -0.1) is 0 Å². The molecule has 2 N–H and O–H groups in total. The zero-order chi connectivity index (χ0) is 14.1. The molecule has 6 heteroatoms. The van der Waals surface area contributed by atoms with E-state index in [9.17, 15) is 9.90 Å². The maximum atomic E-state index is 11.7. The Kier molecular flexibility index (Phi) is 4.38. The van der Waals surface area contributed by atoms with E-state index in [-0.39, 0.29) is 5.02 Å². The summed E-state index contributed by atoms with van der Waals surface area (Å²) in [5, 5.41) is 21.3. The highest BCUT2D eigenvalue weighted by atomic mass is 79.9. The maximum Gasteiger partial charge on any atom is 0.255 e. The van der Waals surface area contributed by atoms with Gasteiger partial charge in [-0.2, -0.15) is 5.26 Å². The van der Waals surface area contributed by atoms with Gasteiger partial charge in [0.15, 0.2) is 0 Å². The Morgan fingerprint density at radius 2 is 2.17 bits per heavy atom. The van der Waals surface area contributed by atoms with Crippen LogP contribution in [-0.2, 0) is 4.79 Å². The lowest BCUT2D eigenvalue weighted by Gasteiger charge is -2.18. The SMILES string of the molecule is Cc1c(NC(=O)C(C)(C)O)cc(Br)c(C#N)c1Cl. The summed E-state index contributed by atoms with van der Waals surface area (Å²) in [6.45, 7) is 4.46. The normalized spacial score (nSPS) is 10.9. The zero-order valence-corrected chi connectivity index (χ0v) is 12.5. The minimum Gasteiger partial charge on any atom is -0.381 e. The van der Waals surface area contributed by atoms with Crippen LogP contribution in [0.15, 0.2) is 10.5 Å². The highest BCUT2D eigenvalue weighted by Gasteiger charge is 2.25. The number of hydrogen-bond donors (Lipinski definition) is 2. The third-order valence-electron chi connectivity index (χ3n) is 2.38. The molecule has 1 aromatic carbocycles. The van der Waals surface area contributed by atoms with Gasteiger partial charge < -0.3 is 10.4 Å².